The van der Waals surface area contributed by atoms with Crippen LogP contribution in [0.3, 0.4) is 0 Å². The van der Waals surface area contributed by atoms with Crippen LogP contribution in [-0.2, 0) is 4.74 Å². The molecular weight excluding hydrogens is 200 g/mol. The second-order valence-electron chi connectivity index (χ2n) is 4.65. The van der Waals surface area contributed by atoms with Gasteiger partial charge in [-0.2, -0.15) is 0 Å². The topological polar surface area (TPSA) is 24.5 Å². The van der Waals surface area contributed by atoms with Crippen molar-refractivity contribution in [1.29, 1.82) is 0 Å². The van der Waals surface area contributed by atoms with Crippen LogP contribution in [0.15, 0.2) is 0 Å². The molecule has 3 nitrogen and oxygen atoms in total. The Labute approximate surface area is 102 Å². The molecule has 1 unspecified atom stereocenters. The molecule has 0 saturated carbocycles. The first-order valence-corrected chi connectivity index (χ1v) is 6.64. The number of likely N-dealkylation sites (N-methyl/N-ethyl adjacent to an activating group) is 2. The minimum Gasteiger partial charge on any atom is -0.377 e. The smallest absolute Gasteiger partial charge is 0.0596 e. The lowest BCUT2D eigenvalue weighted by molar-refractivity contribution is 0.0548. The Hall–Kier alpha value is -0.120. The van der Waals surface area contributed by atoms with Crippen LogP contribution < -0.4 is 5.32 Å². The minimum absolute atomic E-state index is 0.340. The van der Waals surface area contributed by atoms with E-state index in [2.05, 4.69) is 45.0 Å². The van der Waals surface area contributed by atoms with Crippen molar-refractivity contribution in [2.45, 2.75) is 52.7 Å². The summed E-state index contributed by atoms with van der Waals surface area (Å²) < 4.78 is 5.58. The van der Waals surface area contributed by atoms with Gasteiger partial charge in [-0.3, -0.25) is 4.90 Å². The first-order valence-electron chi connectivity index (χ1n) is 6.64. The molecule has 0 aromatic heterocycles. The van der Waals surface area contributed by atoms with E-state index in [-0.39, 0.29) is 0 Å². The Morgan fingerprint density at radius 3 is 2.44 bits per heavy atom. The molecule has 0 spiro atoms. The van der Waals surface area contributed by atoms with E-state index >= 15 is 0 Å². The van der Waals surface area contributed by atoms with Crippen molar-refractivity contribution >= 4 is 0 Å². The van der Waals surface area contributed by atoms with Crippen molar-refractivity contribution in [2.75, 3.05) is 33.3 Å². The lowest BCUT2D eigenvalue weighted by Crippen LogP contribution is -2.41. The highest BCUT2D eigenvalue weighted by Crippen LogP contribution is 2.04. The Morgan fingerprint density at radius 2 is 1.94 bits per heavy atom. The van der Waals surface area contributed by atoms with Crippen LogP contribution in [0.5, 0.6) is 0 Å². The van der Waals surface area contributed by atoms with Gasteiger partial charge in [0.2, 0.25) is 0 Å². The molecule has 0 aliphatic heterocycles. The maximum absolute atomic E-state index is 5.58. The third kappa shape index (κ3) is 8.08. The Morgan fingerprint density at radius 1 is 1.25 bits per heavy atom. The zero-order valence-corrected chi connectivity index (χ0v) is 11.8. The van der Waals surface area contributed by atoms with Gasteiger partial charge in [-0.05, 0) is 33.9 Å². The highest BCUT2D eigenvalue weighted by molar-refractivity contribution is 4.70. The SMILES string of the molecule is CCCC(CNCC)N(C)CCOC(C)C. The zero-order valence-electron chi connectivity index (χ0n) is 11.8. The number of rotatable bonds is 10. The summed E-state index contributed by atoms with van der Waals surface area (Å²) in [5, 5.41) is 3.43. The van der Waals surface area contributed by atoms with Gasteiger partial charge in [0.05, 0.1) is 12.7 Å². The van der Waals surface area contributed by atoms with Crippen LogP contribution in [0.4, 0.5) is 0 Å². The summed E-state index contributed by atoms with van der Waals surface area (Å²) in [7, 11) is 2.20. The Kier molecular flexibility index (Phi) is 9.99. The molecule has 0 aliphatic rings. The van der Waals surface area contributed by atoms with E-state index in [9.17, 15) is 0 Å². The average molecular weight is 230 g/mol. The molecule has 0 bridgehead atoms. The molecular formula is C13H30N2O. The van der Waals surface area contributed by atoms with E-state index in [0.717, 1.165) is 26.2 Å². The number of hydrogen-bond donors (Lipinski definition) is 1. The molecule has 0 aliphatic carbocycles. The van der Waals surface area contributed by atoms with Crippen molar-refractivity contribution in [1.82, 2.24) is 10.2 Å². The fraction of sp³-hybridized carbons (Fsp3) is 1.00. The number of ether oxygens (including phenoxy) is 1. The van der Waals surface area contributed by atoms with Gasteiger partial charge in [0.15, 0.2) is 0 Å². The van der Waals surface area contributed by atoms with Crippen molar-refractivity contribution in [3.8, 4) is 0 Å². The summed E-state index contributed by atoms with van der Waals surface area (Å²) in [4.78, 5) is 2.41. The van der Waals surface area contributed by atoms with E-state index in [0.29, 0.717) is 12.1 Å². The fourth-order valence-electron chi connectivity index (χ4n) is 1.74. The molecule has 1 N–H and O–H groups in total. The summed E-state index contributed by atoms with van der Waals surface area (Å²) in [6.07, 6.45) is 2.84. The first-order chi connectivity index (χ1) is 7.61. The lowest BCUT2D eigenvalue weighted by Gasteiger charge is -2.28. The predicted molar refractivity (Wildman–Crippen MR) is 71.0 cm³/mol. The molecule has 0 heterocycles. The quantitative estimate of drug-likeness (QED) is 0.622. The zero-order chi connectivity index (χ0) is 12.4. The van der Waals surface area contributed by atoms with Crippen LogP contribution in [0.25, 0.3) is 0 Å². The van der Waals surface area contributed by atoms with Crippen LogP contribution in [-0.4, -0.2) is 50.3 Å². The first kappa shape index (κ1) is 15.9. The number of nitrogens with zero attached hydrogens (tertiary/aromatic N) is 1. The van der Waals surface area contributed by atoms with Gasteiger partial charge in [-0.1, -0.05) is 20.3 Å². The minimum atomic E-state index is 0.340. The Bertz CT molecular complexity index is 151. The van der Waals surface area contributed by atoms with Gasteiger partial charge in [-0.25, -0.2) is 0 Å². The van der Waals surface area contributed by atoms with Crippen LogP contribution >= 0.6 is 0 Å². The third-order valence-corrected chi connectivity index (χ3v) is 2.77. The number of hydrogen-bond acceptors (Lipinski definition) is 3. The maximum Gasteiger partial charge on any atom is 0.0596 e. The van der Waals surface area contributed by atoms with Gasteiger partial charge < -0.3 is 10.1 Å². The molecule has 1 atom stereocenters. The number of nitrogens with one attached hydrogen (secondary N) is 1. The van der Waals surface area contributed by atoms with Crippen molar-refractivity contribution < 1.29 is 4.74 Å². The van der Waals surface area contributed by atoms with E-state index in [1.807, 2.05) is 0 Å². The van der Waals surface area contributed by atoms with Gasteiger partial charge in [0.1, 0.15) is 0 Å². The average Bonchev–Trinajstić information content (AvgIpc) is 2.23. The van der Waals surface area contributed by atoms with E-state index in [1.165, 1.54) is 12.8 Å². The second kappa shape index (κ2) is 10.1. The molecule has 98 valence electrons. The molecule has 3 heteroatoms. The van der Waals surface area contributed by atoms with E-state index < -0.39 is 0 Å². The standard InChI is InChI=1S/C13H30N2O/c1-6-8-13(11-14-7-2)15(5)9-10-16-12(3)4/h12-14H,6-11H2,1-5H3. The monoisotopic (exact) mass is 230 g/mol. The predicted octanol–water partition coefficient (Wildman–Crippen LogP) is 2.12. The van der Waals surface area contributed by atoms with Gasteiger partial charge in [-0.15, -0.1) is 0 Å². The molecule has 0 aromatic carbocycles. The summed E-state index contributed by atoms with van der Waals surface area (Å²) in [6.45, 7) is 12.6. The molecule has 0 rings (SSSR count). The van der Waals surface area contributed by atoms with Crippen LogP contribution in [0, 0.1) is 0 Å². The lowest BCUT2D eigenvalue weighted by atomic mass is 10.1. The largest absolute Gasteiger partial charge is 0.377 e. The van der Waals surface area contributed by atoms with Gasteiger partial charge in [0, 0.05) is 19.1 Å². The van der Waals surface area contributed by atoms with Gasteiger partial charge in [0.25, 0.3) is 0 Å². The van der Waals surface area contributed by atoms with Gasteiger partial charge >= 0.3 is 0 Å². The normalized spacial score (nSPS) is 13.7. The molecule has 0 fully saturated rings. The summed E-state index contributed by atoms with van der Waals surface area (Å²) >= 11 is 0. The van der Waals surface area contributed by atoms with Crippen LogP contribution in [0.2, 0.25) is 0 Å². The summed E-state index contributed by atoms with van der Waals surface area (Å²) in [5.41, 5.74) is 0. The second-order valence-corrected chi connectivity index (χ2v) is 4.65. The van der Waals surface area contributed by atoms with Crippen molar-refractivity contribution in [3.05, 3.63) is 0 Å². The highest BCUT2D eigenvalue weighted by atomic mass is 16.5. The maximum atomic E-state index is 5.58. The molecule has 16 heavy (non-hydrogen) atoms. The molecule has 0 aromatic rings. The fourth-order valence-corrected chi connectivity index (χ4v) is 1.74. The van der Waals surface area contributed by atoms with Crippen LogP contribution in [0.1, 0.15) is 40.5 Å². The third-order valence-electron chi connectivity index (χ3n) is 2.77. The Balaban J connectivity index is 3.81. The van der Waals surface area contributed by atoms with E-state index in [1.54, 1.807) is 0 Å². The molecule has 0 radical (unpaired) electrons. The van der Waals surface area contributed by atoms with Crippen molar-refractivity contribution in [3.63, 3.8) is 0 Å². The molecule has 0 amide bonds. The highest BCUT2D eigenvalue weighted by Gasteiger charge is 2.12. The summed E-state index contributed by atoms with van der Waals surface area (Å²) in [5.74, 6) is 0. The van der Waals surface area contributed by atoms with E-state index in [4.69, 9.17) is 4.74 Å². The molecule has 0 saturated heterocycles. The van der Waals surface area contributed by atoms with Crippen molar-refractivity contribution in [2.24, 2.45) is 0 Å². The summed E-state index contributed by atoms with van der Waals surface area (Å²) in [6, 6.07) is 0.640.